The molecule has 0 saturated heterocycles. The molecule has 1 aromatic heterocycles. The average molecular weight is 248 g/mol. The molecule has 8 nitrogen and oxygen atoms in total. The van der Waals surface area contributed by atoms with Crippen LogP contribution in [0.5, 0.6) is 0 Å². The number of tetrazole rings is 1. The first-order valence-electron chi connectivity index (χ1n) is 5.31. The summed E-state index contributed by atoms with van der Waals surface area (Å²) >= 11 is 0. The Kier molecular flexibility index (Phi) is 3.28. The maximum absolute atomic E-state index is 10.8. The SMILES string of the molecule is Cc1c(Cn2nnnc2CN)cccc1[N+](=O)[O-]. The Hall–Kier alpha value is -2.35. The fourth-order valence-electron chi connectivity index (χ4n) is 1.69. The summed E-state index contributed by atoms with van der Waals surface area (Å²) in [5.74, 6) is 0.543. The molecule has 0 saturated carbocycles. The number of nitrogens with two attached hydrogens (primary N) is 1. The molecule has 2 N–H and O–H groups in total. The van der Waals surface area contributed by atoms with Gasteiger partial charge in [0.2, 0.25) is 0 Å². The van der Waals surface area contributed by atoms with E-state index in [1.165, 1.54) is 10.7 Å². The molecule has 0 spiro atoms. The number of hydrogen-bond acceptors (Lipinski definition) is 6. The van der Waals surface area contributed by atoms with Crippen LogP contribution in [-0.2, 0) is 13.1 Å². The first-order chi connectivity index (χ1) is 8.63. The van der Waals surface area contributed by atoms with Crippen LogP contribution in [0.1, 0.15) is 17.0 Å². The van der Waals surface area contributed by atoms with Crippen molar-refractivity contribution in [3.05, 3.63) is 45.3 Å². The second kappa shape index (κ2) is 4.88. The molecule has 2 rings (SSSR count). The summed E-state index contributed by atoms with van der Waals surface area (Å²) in [7, 11) is 0. The molecule has 2 aromatic rings. The van der Waals surface area contributed by atoms with Gasteiger partial charge in [-0.3, -0.25) is 10.1 Å². The Bertz CT molecular complexity index is 579. The highest BCUT2D eigenvalue weighted by atomic mass is 16.6. The lowest BCUT2D eigenvalue weighted by molar-refractivity contribution is -0.385. The maximum atomic E-state index is 10.8. The third kappa shape index (κ3) is 2.18. The Morgan fingerprint density at radius 2 is 2.28 bits per heavy atom. The molecule has 94 valence electrons. The van der Waals surface area contributed by atoms with Crippen molar-refractivity contribution in [3.63, 3.8) is 0 Å². The third-order valence-corrected chi connectivity index (χ3v) is 2.72. The van der Waals surface area contributed by atoms with Gasteiger partial charge in [0.15, 0.2) is 5.82 Å². The third-order valence-electron chi connectivity index (χ3n) is 2.72. The Morgan fingerprint density at radius 1 is 1.50 bits per heavy atom. The van der Waals surface area contributed by atoms with Gasteiger partial charge in [0, 0.05) is 11.6 Å². The average Bonchev–Trinajstić information content (AvgIpc) is 2.78. The van der Waals surface area contributed by atoms with E-state index in [1.54, 1.807) is 13.0 Å². The number of aromatic nitrogens is 4. The number of rotatable bonds is 4. The van der Waals surface area contributed by atoms with E-state index in [0.717, 1.165) is 5.56 Å². The highest BCUT2D eigenvalue weighted by Gasteiger charge is 2.14. The first-order valence-corrected chi connectivity index (χ1v) is 5.31. The standard InChI is InChI=1S/C10H12N6O2/c1-7-8(3-2-4-9(7)16(17)18)6-15-10(5-11)12-13-14-15/h2-4H,5-6,11H2,1H3. The predicted octanol–water partition coefficient (Wildman–Crippen LogP) is 0.397. The highest BCUT2D eigenvalue weighted by molar-refractivity contribution is 5.44. The lowest BCUT2D eigenvalue weighted by Gasteiger charge is -2.07. The molecule has 0 aliphatic carbocycles. The summed E-state index contributed by atoms with van der Waals surface area (Å²) in [6.45, 7) is 2.30. The smallest absolute Gasteiger partial charge is 0.272 e. The summed E-state index contributed by atoms with van der Waals surface area (Å²) < 4.78 is 1.53. The zero-order valence-corrected chi connectivity index (χ0v) is 9.78. The summed E-state index contributed by atoms with van der Waals surface area (Å²) in [6.07, 6.45) is 0. The van der Waals surface area contributed by atoms with E-state index in [4.69, 9.17) is 5.73 Å². The molecular formula is C10H12N6O2. The van der Waals surface area contributed by atoms with Crippen LogP contribution in [0.25, 0.3) is 0 Å². The normalized spacial score (nSPS) is 10.6. The van der Waals surface area contributed by atoms with Gasteiger partial charge < -0.3 is 5.73 Å². The molecule has 0 bridgehead atoms. The van der Waals surface area contributed by atoms with Crippen LogP contribution < -0.4 is 5.73 Å². The van der Waals surface area contributed by atoms with Gasteiger partial charge in [0.05, 0.1) is 18.0 Å². The second-order valence-corrected chi connectivity index (χ2v) is 3.78. The zero-order chi connectivity index (χ0) is 13.1. The van der Waals surface area contributed by atoms with Crippen molar-refractivity contribution >= 4 is 5.69 Å². The van der Waals surface area contributed by atoms with Gasteiger partial charge in [-0.1, -0.05) is 12.1 Å². The topological polar surface area (TPSA) is 113 Å². The molecular weight excluding hydrogens is 236 g/mol. The lowest BCUT2D eigenvalue weighted by atomic mass is 10.1. The lowest BCUT2D eigenvalue weighted by Crippen LogP contribution is -2.11. The summed E-state index contributed by atoms with van der Waals surface area (Å²) in [5.41, 5.74) is 7.00. The largest absolute Gasteiger partial charge is 0.324 e. The monoisotopic (exact) mass is 248 g/mol. The van der Waals surface area contributed by atoms with E-state index in [2.05, 4.69) is 15.5 Å². The molecule has 0 aliphatic heterocycles. The van der Waals surface area contributed by atoms with Crippen LogP contribution in [0.3, 0.4) is 0 Å². The minimum atomic E-state index is -0.401. The highest BCUT2D eigenvalue weighted by Crippen LogP contribution is 2.21. The molecule has 0 unspecified atom stereocenters. The summed E-state index contributed by atoms with van der Waals surface area (Å²) in [4.78, 5) is 10.4. The number of benzene rings is 1. The van der Waals surface area contributed by atoms with Crippen LogP contribution in [0, 0.1) is 17.0 Å². The number of nitro benzene ring substituents is 1. The van der Waals surface area contributed by atoms with Gasteiger partial charge in [-0.15, -0.1) is 5.10 Å². The van der Waals surface area contributed by atoms with Crippen molar-refractivity contribution in [2.75, 3.05) is 0 Å². The second-order valence-electron chi connectivity index (χ2n) is 3.78. The van der Waals surface area contributed by atoms with Crippen LogP contribution in [0.4, 0.5) is 5.69 Å². The summed E-state index contributed by atoms with van der Waals surface area (Å²) in [6, 6.07) is 4.93. The maximum Gasteiger partial charge on any atom is 0.272 e. The molecule has 8 heteroatoms. The Balaban J connectivity index is 2.35. The van der Waals surface area contributed by atoms with Crippen LogP contribution in [-0.4, -0.2) is 25.1 Å². The van der Waals surface area contributed by atoms with Crippen molar-refractivity contribution in [1.29, 1.82) is 0 Å². The molecule has 1 aromatic carbocycles. The molecule has 1 heterocycles. The van der Waals surface area contributed by atoms with Gasteiger partial charge in [0.25, 0.3) is 5.69 Å². The Labute approximate surface area is 103 Å². The molecule has 0 atom stereocenters. The Morgan fingerprint density at radius 3 is 2.94 bits per heavy atom. The van der Waals surface area contributed by atoms with E-state index in [-0.39, 0.29) is 12.2 Å². The molecule has 18 heavy (non-hydrogen) atoms. The van der Waals surface area contributed by atoms with Gasteiger partial charge in [0.1, 0.15) is 0 Å². The molecule has 0 radical (unpaired) electrons. The van der Waals surface area contributed by atoms with Crippen molar-refractivity contribution in [2.45, 2.75) is 20.0 Å². The molecule has 0 aliphatic rings. The first kappa shape index (κ1) is 12.1. The van der Waals surface area contributed by atoms with Gasteiger partial charge >= 0.3 is 0 Å². The molecule has 0 fully saturated rings. The van der Waals surface area contributed by atoms with E-state index in [0.29, 0.717) is 17.9 Å². The van der Waals surface area contributed by atoms with Crippen LogP contribution in [0.15, 0.2) is 18.2 Å². The van der Waals surface area contributed by atoms with E-state index in [1.807, 2.05) is 6.07 Å². The minimum absolute atomic E-state index is 0.0925. The fourth-order valence-corrected chi connectivity index (χ4v) is 1.69. The quantitative estimate of drug-likeness (QED) is 0.618. The number of nitro groups is 1. The molecule has 0 amide bonds. The number of nitrogens with zero attached hydrogens (tertiary/aromatic N) is 5. The van der Waals surface area contributed by atoms with Crippen LogP contribution in [0.2, 0.25) is 0 Å². The van der Waals surface area contributed by atoms with Crippen molar-refractivity contribution in [1.82, 2.24) is 20.2 Å². The van der Waals surface area contributed by atoms with E-state index < -0.39 is 4.92 Å². The van der Waals surface area contributed by atoms with Crippen molar-refractivity contribution < 1.29 is 4.92 Å². The zero-order valence-electron chi connectivity index (χ0n) is 9.78. The van der Waals surface area contributed by atoms with Gasteiger partial charge in [-0.2, -0.15) is 0 Å². The van der Waals surface area contributed by atoms with Gasteiger partial charge in [-0.25, -0.2) is 4.68 Å². The van der Waals surface area contributed by atoms with Gasteiger partial charge in [-0.05, 0) is 22.9 Å². The summed E-state index contributed by atoms with van der Waals surface area (Å²) in [5, 5.41) is 21.9. The minimum Gasteiger partial charge on any atom is -0.324 e. The van der Waals surface area contributed by atoms with E-state index in [9.17, 15) is 10.1 Å². The fraction of sp³-hybridized carbons (Fsp3) is 0.300. The number of hydrogen-bond donors (Lipinski definition) is 1. The van der Waals surface area contributed by atoms with Crippen molar-refractivity contribution in [2.24, 2.45) is 5.73 Å². The van der Waals surface area contributed by atoms with Crippen molar-refractivity contribution in [3.8, 4) is 0 Å². The predicted molar refractivity (Wildman–Crippen MR) is 62.6 cm³/mol. The van der Waals surface area contributed by atoms with Crippen LogP contribution >= 0.6 is 0 Å². The van der Waals surface area contributed by atoms with E-state index >= 15 is 0 Å².